The Morgan fingerprint density at radius 2 is 1.75 bits per heavy atom. The molecule has 0 aromatic heterocycles. The van der Waals surface area contributed by atoms with Gasteiger partial charge in [-0.15, -0.1) is 0 Å². The number of benzene rings is 2. The lowest BCUT2D eigenvalue weighted by Gasteiger charge is -2.33. The van der Waals surface area contributed by atoms with Crippen molar-refractivity contribution in [3.8, 4) is 11.1 Å². The second kappa shape index (κ2) is 7.46. The zero-order chi connectivity index (χ0) is 19.7. The Bertz CT molecular complexity index is 895. The van der Waals surface area contributed by atoms with E-state index in [2.05, 4.69) is 10.6 Å². The van der Waals surface area contributed by atoms with E-state index in [0.29, 0.717) is 24.9 Å². The lowest BCUT2D eigenvalue weighted by molar-refractivity contribution is -0.147. The molecule has 2 heterocycles. The lowest BCUT2D eigenvalue weighted by Crippen LogP contribution is -2.60. The highest BCUT2D eigenvalue weighted by molar-refractivity contribution is 5.98. The van der Waals surface area contributed by atoms with Crippen LogP contribution in [0.2, 0.25) is 0 Å². The fourth-order valence-corrected chi connectivity index (χ4v) is 3.95. The van der Waals surface area contributed by atoms with E-state index in [9.17, 15) is 14.4 Å². The van der Waals surface area contributed by atoms with Crippen LogP contribution in [0.3, 0.4) is 0 Å². The van der Waals surface area contributed by atoms with Crippen LogP contribution in [0.1, 0.15) is 30.1 Å². The average Bonchev–Trinajstić information content (AvgIpc) is 3.16. The van der Waals surface area contributed by atoms with Gasteiger partial charge in [0.25, 0.3) is 5.91 Å². The van der Waals surface area contributed by atoms with Crippen molar-refractivity contribution >= 4 is 17.7 Å². The molecule has 6 nitrogen and oxygen atoms in total. The van der Waals surface area contributed by atoms with Gasteiger partial charge in [0, 0.05) is 18.2 Å². The van der Waals surface area contributed by atoms with Crippen molar-refractivity contribution in [2.75, 3.05) is 6.54 Å². The van der Waals surface area contributed by atoms with Crippen LogP contribution in [0.4, 0.5) is 0 Å². The number of amides is 3. The van der Waals surface area contributed by atoms with Gasteiger partial charge in [-0.1, -0.05) is 49.4 Å². The van der Waals surface area contributed by atoms with Crippen molar-refractivity contribution in [3.63, 3.8) is 0 Å². The van der Waals surface area contributed by atoms with Crippen LogP contribution in [-0.4, -0.2) is 47.3 Å². The van der Waals surface area contributed by atoms with Gasteiger partial charge in [-0.05, 0) is 36.1 Å². The van der Waals surface area contributed by atoms with Gasteiger partial charge in [-0.3, -0.25) is 14.4 Å². The molecule has 144 valence electrons. The van der Waals surface area contributed by atoms with E-state index in [1.165, 1.54) is 0 Å². The molecule has 0 radical (unpaired) electrons. The molecule has 2 N–H and O–H groups in total. The van der Waals surface area contributed by atoms with Crippen molar-refractivity contribution in [1.29, 1.82) is 0 Å². The van der Waals surface area contributed by atoms with Gasteiger partial charge in [0.15, 0.2) is 0 Å². The van der Waals surface area contributed by atoms with Gasteiger partial charge in [-0.25, -0.2) is 0 Å². The van der Waals surface area contributed by atoms with Gasteiger partial charge < -0.3 is 15.5 Å². The lowest BCUT2D eigenvalue weighted by atomic mass is 10.0. The van der Waals surface area contributed by atoms with E-state index < -0.39 is 12.1 Å². The second-order valence-corrected chi connectivity index (χ2v) is 7.33. The molecule has 6 heteroatoms. The minimum atomic E-state index is -0.485. The van der Waals surface area contributed by atoms with Gasteiger partial charge in [0.2, 0.25) is 11.8 Å². The number of rotatable bonds is 4. The maximum atomic E-state index is 12.6. The Balaban J connectivity index is 1.42. The third-order valence-electron chi connectivity index (χ3n) is 5.50. The molecule has 28 heavy (non-hydrogen) atoms. The SMILES string of the molecule is CC[C@@H]1NC(=O)[C@@H]2C[C@H](NC(=O)c3ccc(-c4ccccc4)cc3)CN2C1=O. The third kappa shape index (κ3) is 3.38. The van der Waals surface area contributed by atoms with Crippen LogP contribution in [0.5, 0.6) is 0 Å². The quantitative estimate of drug-likeness (QED) is 0.855. The first-order chi connectivity index (χ1) is 13.6. The molecule has 0 aliphatic carbocycles. The first-order valence-corrected chi connectivity index (χ1v) is 9.64. The van der Waals surface area contributed by atoms with Crippen molar-refractivity contribution in [2.45, 2.75) is 37.9 Å². The van der Waals surface area contributed by atoms with E-state index in [4.69, 9.17) is 0 Å². The number of hydrogen-bond acceptors (Lipinski definition) is 3. The largest absolute Gasteiger partial charge is 0.347 e. The van der Waals surface area contributed by atoms with Crippen molar-refractivity contribution < 1.29 is 14.4 Å². The maximum Gasteiger partial charge on any atom is 0.251 e. The summed E-state index contributed by atoms with van der Waals surface area (Å²) >= 11 is 0. The molecular formula is C22H23N3O3. The van der Waals surface area contributed by atoms with E-state index in [-0.39, 0.29) is 23.8 Å². The number of carbonyl (C=O) groups is 3. The average molecular weight is 377 g/mol. The Morgan fingerprint density at radius 3 is 2.43 bits per heavy atom. The molecule has 2 aliphatic rings. The summed E-state index contributed by atoms with van der Waals surface area (Å²) in [5, 5.41) is 5.74. The van der Waals surface area contributed by atoms with Crippen molar-refractivity contribution in [2.24, 2.45) is 0 Å². The maximum absolute atomic E-state index is 12.6. The molecule has 2 aliphatic heterocycles. The number of hydrogen-bond donors (Lipinski definition) is 2. The molecule has 0 unspecified atom stereocenters. The topological polar surface area (TPSA) is 78.5 Å². The molecule has 2 aromatic rings. The highest BCUT2D eigenvalue weighted by Crippen LogP contribution is 2.24. The van der Waals surface area contributed by atoms with Gasteiger partial charge in [-0.2, -0.15) is 0 Å². The molecule has 2 saturated heterocycles. The van der Waals surface area contributed by atoms with Crippen LogP contribution in [0.25, 0.3) is 11.1 Å². The highest BCUT2D eigenvalue weighted by Gasteiger charge is 2.46. The summed E-state index contributed by atoms with van der Waals surface area (Å²) in [4.78, 5) is 38.9. The zero-order valence-corrected chi connectivity index (χ0v) is 15.7. The van der Waals surface area contributed by atoms with E-state index >= 15 is 0 Å². The summed E-state index contributed by atoms with van der Waals surface area (Å²) in [6.45, 7) is 2.25. The van der Waals surface area contributed by atoms with Crippen molar-refractivity contribution in [1.82, 2.24) is 15.5 Å². The van der Waals surface area contributed by atoms with Crippen LogP contribution in [-0.2, 0) is 9.59 Å². The highest BCUT2D eigenvalue weighted by atomic mass is 16.2. The van der Waals surface area contributed by atoms with Crippen LogP contribution in [0.15, 0.2) is 54.6 Å². The van der Waals surface area contributed by atoms with Crippen molar-refractivity contribution in [3.05, 3.63) is 60.2 Å². The summed E-state index contributed by atoms with van der Waals surface area (Å²) < 4.78 is 0. The molecule has 2 fully saturated rings. The summed E-state index contributed by atoms with van der Waals surface area (Å²) in [6.07, 6.45) is 1.01. The number of nitrogens with zero attached hydrogens (tertiary/aromatic N) is 1. The second-order valence-electron chi connectivity index (χ2n) is 7.33. The summed E-state index contributed by atoms with van der Waals surface area (Å²) in [5.41, 5.74) is 2.70. The summed E-state index contributed by atoms with van der Waals surface area (Å²) in [7, 11) is 0. The molecule has 3 amide bonds. The standard InChI is InChI=1S/C22H23N3O3/c1-2-18-22(28)25-13-17(12-19(25)21(27)24-18)23-20(26)16-10-8-15(9-11-16)14-6-4-3-5-7-14/h3-11,17-19H,2,12-13H2,1H3,(H,23,26)(H,24,27)/t17-,18-,19-/m0/s1. The number of nitrogens with one attached hydrogen (secondary N) is 2. The smallest absolute Gasteiger partial charge is 0.251 e. The van der Waals surface area contributed by atoms with Crippen LogP contribution < -0.4 is 10.6 Å². The fraction of sp³-hybridized carbons (Fsp3) is 0.318. The summed E-state index contributed by atoms with van der Waals surface area (Å²) in [6, 6.07) is 16.2. The number of carbonyl (C=O) groups excluding carboxylic acids is 3. The first kappa shape index (κ1) is 18.2. The normalized spacial score (nSPS) is 23.9. The van der Waals surface area contributed by atoms with E-state index in [1.54, 1.807) is 17.0 Å². The predicted molar refractivity (Wildman–Crippen MR) is 105 cm³/mol. The Labute approximate surface area is 163 Å². The van der Waals surface area contributed by atoms with Gasteiger partial charge in [0.05, 0.1) is 0 Å². The molecule has 2 aromatic carbocycles. The molecule has 0 saturated carbocycles. The fourth-order valence-electron chi connectivity index (χ4n) is 3.95. The summed E-state index contributed by atoms with van der Waals surface area (Å²) in [5.74, 6) is -0.379. The third-order valence-corrected chi connectivity index (χ3v) is 5.50. The molecule has 0 bridgehead atoms. The Hall–Kier alpha value is -3.15. The van der Waals surface area contributed by atoms with Gasteiger partial charge >= 0.3 is 0 Å². The molecule has 3 atom stereocenters. The number of fused-ring (bicyclic) bond motifs is 1. The molecule has 4 rings (SSSR count). The van der Waals surface area contributed by atoms with Crippen LogP contribution in [0, 0.1) is 0 Å². The predicted octanol–water partition coefficient (Wildman–Crippen LogP) is 1.96. The minimum Gasteiger partial charge on any atom is -0.347 e. The molecular weight excluding hydrogens is 354 g/mol. The van der Waals surface area contributed by atoms with E-state index in [1.807, 2.05) is 49.4 Å². The Morgan fingerprint density at radius 1 is 1.07 bits per heavy atom. The Kier molecular flexibility index (Phi) is 4.86. The minimum absolute atomic E-state index is 0.0592. The van der Waals surface area contributed by atoms with E-state index in [0.717, 1.165) is 11.1 Å². The zero-order valence-electron chi connectivity index (χ0n) is 15.7. The monoisotopic (exact) mass is 377 g/mol. The number of piperazine rings is 1. The van der Waals surface area contributed by atoms with Gasteiger partial charge in [0.1, 0.15) is 12.1 Å². The molecule has 0 spiro atoms. The first-order valence-electron chi connectivity index (χ1n) is 9.64. The van der Waals surface area contributed by atoms with Crippen LogP contribution >= 0.6 is 0 Å².